The Morgan fingerprint density at radius 1 is 1.00 bits per heavy atom. The third-order valence-electron chi connectivity index (χ3n) is 3.82. The lowest BCUT2D eigenvalue weighted by molar-refractivity contribution is 0.217. The molecule has 0 aliphatic heterocycles. The molecule has 2 nitrogen and oxygen atoms in total. The molecule has 0 saturated heterocycles. The van der Waals surface area contributed by atoms with Crippen LogP contribution in [-0.2, 0) is 6.54 Å². The second-order valence-corrected chi connectivity index (χ2v) is 5.63. The van der Waals surface area contributed by atoms with E-state index >= 15 is 0 Å². The van der Waals surface area contributed by atoms with E-state index in [-0.39, 0.29) is 18.0 Å². The Balaban J connectivity index is 1.89. The van der Waals surface area contributed by atoms with E-state index in [2.05, 4.69) is 38.2 Å². The van der Waals surface area contributed by atoms with Gasteiger partial charge in [0.05, 0.1) is 6.10 Å². The SMILES string of the molecule is CCC(C)Oc1ccc(C(C)NCc2ccc(F)cc2)cc1. The van der Waals surface area contributed by atoms with Gasteiger partial charge in [-0.1, -0.05) is 31.2 Å². The van der Waals surface area contributed by atoms with Gasteiger partial charge in [-0.15, -0.1) is 0 Å². The van der Waals surface area contributed by atoms with Gasteiger partial charge in [-0.3, -0.25) is 0 Å². The minimum atomic E-state index is -0.200. The fourth-order valence-electron chi connectivity index (χ4n) is 2.14. The van der Waals surface area contributed by atoms with Crippen molar-refractivity contribution in [2.24, 2.45) is 0 Å². The quantitative estimate of drug-likeness (QED) is 0.789. The summed E-state index contributed by atoms with van der Waals surface area (Å²) in [6.45, 7) is 7.02. The maximum atomic E-state index is 12.9. The number of halogens is 1. The summed E-state index contributed by atoms with van der Waals surface area (Å²) in [6, 6.07) is 15.0. The van der Waals surface area contributed by atoms with E-state index < -0.39 is 0 Å². The Labute approximate surface area is 132 Å². The molecule has 0 amide bonds. The molecule has 0 aliphatic rings. The summed E-state index contributed by atoms with van der Waals surface area (Å²) < 4.78 is 18.7. The molecule has 0 radical (unpaired) electrons. The Morgan fingerprint density at radius 2 is 1.64 bits per heavy atom. The molecule has 2 rings (SSSR count). The molecule has 2 atom stereocenters. The minimum Gasteiger partial charge on any atom is -0.491 e. The summed E-state index contributed by atoms with van der Waals surface area (Å²) in [5, 5.41) is 3.44. The Bertz CT molecular complexity index is 565. The first-order valence-electron chi connectivity index (χ1n) is 7.83. The molecule has 118 valence electrons. The molecule has 0 fully saturated rings. The normalized spacial score (nSPS) is 13.6. The predicted molar refractivity (Wildman–Crippen MR) is 88.5 cm³/mol. The highest BCUT2D eigenvalue weighted by molar-refractivity contribution is 5.29. The van der Waals surface area contributed by atoms with Crippen molar-refractivity contribution >= 4 is 0 Å². The zero-order valence-corrected chi connectivity index (χ0v) is 13.5. The fourth-order valence-corrected chi connectivity index (χ4v) is 2.14. The van der Waals surface area contributed by atoms with E-state index in [9.17, 15) is 4.39 Å². The third kappa shape index (κ3) is 4.85. The van der Waals surface area contributed by atoms with E-state index in [1.54, 1.807) is 12.1 Å². The molecule has 22 heavy (non-hydrogen) atoms. The highest BCUT2D eigenvalue weighted by Gasteiger charge is 2.06. The second kappa shape index (κ2) is 7.95. The van der Waals surface area contributed by atoms with Crippen molar-refractivity contribution in [3.63, 3.8) is 0 Å². The summed E-state index contributed by atoms with van der Waals surface area (Å²) in [5.74, 6) is 0.706. The summed E-state index contributed by atoms with van der Waals surface area (Å²) in [7, 11) is 0. The van der Waals surface area contributed by atoms with Crippen LogP contribution in [0.1, 0.15) is 44.4 Å². The first kappa shape index (κ1) is 16.5. The molecule has 3 heteroatoms. The largest absolute Gasteiger partial charge is 0.491 e. The van der Waals surface area contributed by atoms with Crippen LogP contribution >= 0.6 is 0 Å². The Morgan fingerprint density at radius 3 is 2.23 bits per heavy atom. The Hall–Kier alpha value is -1.87. The smallest absolute Gasteiger partial charge is 0.123 e. The minimum absolute atomic E-state index is 0.200. The van der Waals surface area contributed by atoms with E-state index in [0.717, 1.165) is 17.7 Å². The fraction of sp³-hybridized carbons (Fsp3) is 0.368. The van der Waals surface area contributed by atoms with Gasteiger partial charge in [0.1, 0.15) is 11.6 Å². The van der Waals surface area contributed by atoms with Crippen molar-refractivity contribution in [1.82, 2.24) is 5.32 Å². The van der Waals surface area contributed by atoms with Crippen LogP contribution in [0.4, 0.5) is 4.39 Å². The molecule has 0 aliphatic carbocycles. The summed E-state index contributed by atoms with van der Waals surface area (Å²) in [4.78, 5) is 0. The lowest BCUT2D eigenvalue weighted by atomic mass is 10.1. The van der Waals surface area contributed by atoms with Crippen LogP contribution in [0.3, 0.4) is 0 Å². The lowest BCUT2D eigenvalue weighted by Crippen LogP contribution is -2.18. The maximum absolute atomic E-state index is 12.9. The summed E-state index contributed by atoms with van der Waals surface area (Å²) >= 11 is 0. The van der Waals surface area contributed by atoms with E-state index in [4.69, 9.17) is 4.74 Å². The van der Waals surface area contributed by atoms with Crippen molar-refractivity contribution < 1.29 is 9.13 Å². The van der Waals surface area contributed by atoms with Crippen LogP contribution in [-0.4, -0.2) is 6.10 Å². The highest BCUT2D eigenvalue weighted by atomic mass is 19.1. The van der Waals surface area contributed by atoms with Gasteiger partial charge in [-0.2, -0.15) is 0 Å². The van der Waals surface area contributed by atoms with Crippen molar-refractivity contribution in [3.8, 4) is 5.75 Å². The maximum Gasteiger partial charge on any atom is 0.123 e. The van der Waals surface area contributed by atoms with Gasteiger partial charge in [0, 0.05) is 12.6 Å². The number of benzene rings is 2. The first-order valence-corrected chi connectivity index (χ1v) is 7.83. The van der Waals surface area contributed by atoms with Gasteiger partial charge >= 0.3 is 0 Å². The molecule has 0 aromatic heterocycles. The molecular formula is C19H24FNO. The number of nitrogens with one attached hydrogen (secondary N) is 1. The average molecular weight is 301 g/mol. The number of hydrogen-bond acceptors (Lipinski definition) is 2. The van der Waals surface area contributed by atoms with E-state index in [0.29, 0.717) is 6.54 Å². The van der Waals surface area contributed by atoms with Gasteiger partial charge in [-0.25, -0.2) is 4.39 Å². The van der Waals surface area contributed by atoms with Crippen LogP contribution in [0.15, 0.2) is 48.5 Å². The Kier molecular flexibility index (Phi) is 5.96. The van der Waals surface area contributed by atoms with Crippen LogP contribution in [0.5, 0.6) is 5.75 Å². The van der Waals surface area contributed by atoms with Crippen LogP contribution in [0.25, 0.3) is 0 Å². The molecule has 0 spiro atoms. The highest BCUT2D eigenvalue weighted by Crippen LogP contribution is 2.19. The second-order valence-electron chi connectivity index (χ2n) is 5.63. The zero-order chi connectivity index (χ0) is 15.9. The van der Waals surface area contributed by atoms with Gasteiger partial charge < -0.3 is 10.1 Å². The molecule has 0 saturated carbocycles. The molecule has 0 heterocycles. The van der Waals surface area contributed by atoms with Crippen molar-refractivity contribution in [2.45, 2.75) is 45.9 Å². The van der Waals surface area contributed by atoms with Crippen LogP contribution < -0.4 is 10.1 Å². The predicted octanol–water partition coefficient (Wildman–Crippen LogP) is 4.85. The van der Waals surface area contributed by atoms with Gasteiger partial charge in [0.25, 0.3) is 0 Å². The molecule has 2 unspecified atom stereocenters. The van der Waals surface area contributed by atoms with Gasteiger partial charge in [-0.05, 0) is 55.7 Å². The number of ether oxygens (including phenoxy) is 1. The summed E-state index contributed by atoms with van der Waals surface area (Å²) in [6.07, 6.45) is 1.23. The third-order valence-corrected chi connectivity index (χ3v) is 3.82. The van der Waals surface area contributed by atoms with Crippen molar-refractivity contribution in [2.75, 3.05) is 0 Å². The van der Waals surface area contributed by atoms with Gasteiger partial charge in [0.2, 0.25) is 0 Å². The average Bonchev–Trinajstić information content (AvgIpc) is 2.54. The molecule has 1 N–H and O–H groups in total. The first-order chi connectivity index (χ1) is 10.6. The van der Waals surface area contributed by atoms with Crippen LogP contribution in [0.2, 0.25) is 0 Å². The molecule has 2 aromatic rings. The van der Waals surface area contributed by atoms with E-state index in [1.165, 1.54) is 17.7 Å². The molecule has 2 aromatic carbocycles. The topological polar surface area (TPSA) is 21.3 Å². The standard InChI is InChI=1S/C19H24FNO/c1-4-14(2)22-19-11-7-17(8-12-19)15(3)21-13-16-5-9-18(20)10-6-16/h5-12,14-15,21H,4,13H2,1-3H3. The number of rotatable bonds is 7. The molecular weight excluding hydrogens is 277 g/mol. The van der Waals surface area contributed by atoms with Crippen molar-refractivity contribution in [3.05, 3.63) is 65.5 Å². The summed E-state index contributed by atoms with van der Waals surface area (Å²) in [5.41, 5.74) is 2.28. The van der Waals surface area contributed by atoms with Crippen LogP contribution in [0, 0.1) is 5.82 Å². The lowest BCUT2D eigenvalue weighted by Gasteiger charge is -2.16. The zero-order valence-electron chi connectivity index (χ0n) is 13.5. The molecule has 0 bridgehead atoms. The number of hydrogen-bond donors (Lipinski definition) is 1. The van der Waals surface area contributed by atoms with Gasteiger partial charge in [0.15, 0.2) is 0 Å². The van der Waals surface area contributed by atoms with Crippen molar-refractivity contribution in [1.29, 1.82) is 0 Å². The monoisotopic (exact) mass is 301 g/mol. The van der Waals surface area contributed by atoms with E-state index in [1.807, 2.05) is 12.1 Å².